The smallest absolute Gasteiger partial charge is 0.315 e. The number of hydrogen-bond acceptors (Lipinski definition) is 6. The summed E-state index contributed by atoms with van der Waals surface area (Å²) in [5.74, 6) is 0.612. The van der Waals surface area contributed by atoms with Gasteiger partial charge in [0.25, 0.3) is 5.03 Å². The minimum atomic E-state index is -0.593. The Kier molecular flexibility index (Phi) is 9.40. The van der Waals surface area contributed by atoms with Crippen molar-refractivity contribution in [1.29, 1.82) is 0 Å². The van der Waals surface area contributed by atoms with Crippen LogP contribution < -0.4 is 15.4 Å². The van der Waals surface area contributed by atoms with Crippen molar-refractivity contribution in [1.82, 2.24) is 10.6 Å². The summed E-state index contributed by atoms with van der Waals surface area (Å²) < 4.78 is 13.8. The Morgan fingerprint density at radius 2 is 1.70 bits per heavy atom. The lowest BCUT2D eigenvalue weighted by molar-refractivity contribution is -0.645. The molecular formula is C28H33N3O5S. The van der Waals surface area contributed by atoms with Crippen LogP contribution in [0, 0.1) is 11.1 Å². The molecule has 1 saturated heterocycles. The molecule has 3 N–H and O–H groups in total. The van der Waals surface area contributed by atoms with E-state index >= 15 is 0 Å². The maximum atomic E-state index is 12.1. The highest BCUT2D eigenvalue weighted by molar-refractivity contribution is 7.99. The van der Waals surface area contributed by atoms with Gasteiger partial charge in [0.05, 0.1) is 18.8 Å². The fourth-order valence-electron chi connectivity index (χ4n) is 4.20. The summed E-state index contributed by atoms with van der Waals surface area (Å²) in [7, 11) is 0. The number of rotatable bonds is 9. The number of aromatic nitrogens is 1. The van der Waals surface area contributed by atoms with E-state index in [4.69, 9.17) is 9.47 Å². The molecule has 3 aromatic rings. The van der Waals surface area contributed by atoms with Gasteiger partial charge in [-0.05, 0) is 29.7 Å². The second kappa shape index (κ2) is 12.9. The molecule has 0 radical (unpaired) electrons. The SMILES string of the molecule is CCNC(=O)NCc1ccc(C2OC(CSc3cccc[n+]3[O-])C(C)C(c3ccc(CO)cc3)O2)cc1. The van der Waals surface area contributed by atoms with Crippen LogP contribution >= 0.6 is 11.8 Å². The summed E-state index contributed by atoms with van der Waals surface area (Å²) in [6.07, 6.45) is 0.495. The largest absolute Gasteiger partial charge is 0.618 e. The van der Waals surface area contributed by atoms with Gasteiger partial charge in [-0.2, -0.15) is 4.73 Å². The molecule has 1 fully saturated rings. The molecular weight excluding hydrogens is 490 g/mol. The Balaban J connectivity index is 1.52. The normalized spacial score (nSPS) is 21.4. The van der Waals surface area contributed by atoms with Crippen LogP contribution in [0.2, 0.25) is 0 Å². The maximum absolute atomic E-state index is 12.1. The van der Waals surface area contributed by atoms with Crippen LogP contribution in [0.15, 0.2) is 78.0 Å². The van der Waals surface area contributed by atoms with E-state index in [-0.39, 0.29) is 30.8 Å². The minimum absolute atomic E-state index is 0.0139. The number of carbonyl (C=O) groups excluding carboxylic acids is 1. The zero-order chi connectivity index (χ0) is 26.2. The third-order valence-corrected chi connectivity index (χ3v) is 7.46. The van der Waals surface area contributed by atoms with Gasteiger partial charge in [-0.25, -0.2) is 4.79 Å². The van der Waals surface area contributed by atoms with Crippen LogP contribution in [0.3, 0.4) is 0 Å². The molecule has 8 nitrogen and oxygen atoms in total. The molecule has 4 rings (SSSR count). The number of hydrogen-bond donors (Lipinski definition) is 3. The standard InChI is InChI=1S/C28H33N3O5S/c1-3-29-28(33)30-16-20-7-13-23(14-8-20)27-35-24(18-37-25-6-4-5-15-31(25)34)19(2)26(36-27)22-11-9-21(17-32)10-12-22/h4-15,19,24,26-27,32H,3,16-18H2,1-2H3,(H2,29,30,33). The Bertz CT molecular complexity index is 1160. The van der Waals surface area contributed by atoms with E-state index in [1.165, 1.54) is 18.0 Å². The number of thioether (sulfide) groups is 1. The van der Waals surface area contributed by atoms with Gasteiger partial charge >= 0.3 is 6.03 Å². The molecule has 4 atom stereocenters. The van der Waals surface area contributed by atoms with Crippen LogP contribution in [0.1, 0.15) is 48.5 Å². The molecule has 0 saturated carbocycles. The fourth-order valence-corrected chi connectivity index (χ4v) is 5.28. The van der Waals surface area contributed by atoms with E-state index in [0.717, 1.165) is 27.0 Å². The van der Waals surface area contributed by atoms with Gasteiger partial charge in [0.2, 0.25) is 0 Å². The molecule has 4 unspecified atom stereocenters. The Morgan fingerprint density at radius 3 is 2.38 bits per heavy atom. The highest BCUT2D eigenvalue weighted by atomic mass is 32.2. The van der Waals surface area contributed by atoms with Gasteiger partial charge in [0, 0.05) is 42.5 Å². The molecule has 0 spiro atoms. The molecule has 0 bridgehead atoms. The maximum Gasteiger partial charge on any atom is 0.315 e. The van der Waals surface area contributed by atoms with E-state index in [0.29, 0.717) is 23.9 Å². The lowest BCUT2D eigenvalue weighted by atomic mass is 9.91. The van der Waals surface area contributed by atoms with Gasteiger partial charge in [0.15, 0.2) is 12.5 Å². The first-order chi connectivity index (χ1) is 18.0. The van der Waals surface area contributed by atoms with E-state index < -0.39 is 6.29 Å². The van der Waals surface area contributed by atoms with Gasteiger partial charge in [-0.1, -0.05) is 67.2 Å². The monoisotopic (exact) mass is 523 g/mol. The van der Waals surface area contributed by atoms with E-state index in [1.54, 1.807) is 12.1 Å². The van der Waals surface area contributed by atoms with Gasteiger partial charge in [-0.3, -0.25) is 0 Å². The lowest BCUT2D eigenvalue weighted by Crippen LogP contribution is -2.39. The summed E-state index contributed by atoms with van der Waals surface area (Å²) >= 11 is 1.46. The number of nitrogens with one attached hydrogen (secondary N) is 2. The highest BCUT2D eigenvalue weighted by Gasteiger charge is 2.38. The summed E-state index contributed by atoms with van der Waals surface area (Å²) in [6.45, 7) is 4.94. The first-order valence-electron chi connectivity index (χ1n) is 12.4. The molecule has 2 aromatic carbocycles. The van der Waals surface area contributed by atoms with E-state index in [9.17, 15) is 15.1 Å². The van der Waals surface area contributed by atoms with Crippen LogP contribution in [0.25, 0.3) is 0 Å². The predicted octanol–water partition coefficient (Wildman–Crippen LogP) is 4.22. The third-order valence-electron chi connectivity index (χ3n) is 6.35. The van der Waals surface area contributed by atoms with Crippen molar-refractivity contribution in [2.24, 2.45) is 5.92 Å². The Labute approximate surface area is 221 Å². The quantitative estimate of drug-likeness (QED) is 0.220. The number of urea groups is 1. The number of aliphatic hydroxyl groups is 1. The first kappa shape index (κ1) is 26.9. The molecule has 2 amide bonds. The molecule has 9 heteroatoms. The molecule has 1 aliphatic rings. The second-order valence-electron chi connectivity index (χ2n) is 8.95. The first-order valence-corrected chi connectivity index (χ1v) is 13.4. The number of nitrogens with zero attached hydrogens (tertiary/aromatic N) is 1. The number of aliphatic hydroxyl groups excluding tert-OH is 1. The van der Waals surface area contributed by atoms with Crippen molar-refractivity contribution in [2.75, 3.05) is 12.3 Å². The van der Waals surface area contributed by atoms with Crippen molar-refractivity contribution in [3.05, 3.63) is 100 Å². The van der Waals surface area contributed by atoms with Gasteiger partial charge in [0.1, 0.15) is 0 Å². The Hall–Kier alpha value is -3.11. The van der Waals surface area contributed by atoms with Crippen molar-refractivity contribution >= 4 is 17.8 Å². The molecule has 196 valence electrons. The minimum Gasteiger partial charge on any atom is -0.618 e. The number of ether oxygens (including phenoxy) is 2. The molecule has 1 aromatic heterocycles. The Morgan fingerprint density at radius 1 is 1.00 bits per heavy atom. The summed E-state index contributed by atoms with van der Waals surface area (Å²) in [4.78, 5) is 11.7. The van der Waals surface area contributed by atoms with Crippen LogP contribution in [-0.2, 0) is 22.6 Å². The van der Waals surface area contributed by atoms with Crippen LogP contribution in [0.5, 0.6) is 0 Å². The number of carbonyl (C=O) groups is 1. The van der Waals surface area contributed by atoms with E-state index in [2.05, 4.69) is 17.6 Å². The fraction of sp³-hybridized carbons (Fsp3) is 0.357. The topological polar surface area (TPSA) is 107 Å². The number of benzene rings is 2. The zero-order valence-electron chi connectivity index (χ0n) is 21.0. The van der Waals surface area contributed by atoms with Crippen molar-refractivity contribution in [2.45, 2.75) is 50.5 Å². The summed E-state index contributed by atoms with van der Waals surface area (Å²) in [6, 6.07) is 20.7. The molecule has 1 aliphatic heterocycles. The van der Waals surface area contributed by atoms with Crippen molar-refractivity contribution in [3.8, 4) is 0 Å². The average Bonchev–Trinajstić information content (AvgIpc) is 2.93. The number of pyridine rings is 1. The zero-order valence-corrected chi connectivity index (χ0v) is 21.8. The lowest BCUT2D eigenvalue weighted by Gasteiger charge is -2.41. The molecule has 0 aliphatic carbocycles. The third kappa shape index (κ3) is 7.01. The summed E-state index contributed by atoms with van der Waals surface area (Å²) in [5.41, 5.74) is 3.69. The predicted molar refractivity (Wildman–Crippen MR) is 141 cm³/mol. The van der Waals surface area contributed by atoms with Crippen LogP contribution in [-0.4, -0.2) is 29.5 Å². The van der Waals surface area contributed by atoms with Crippen molar-refractivity contribution in [3.63, 3.8) is 0 Å². The summed E-state index contributed by atoms with van der Waals surface area (Å²) in [5, 5.41) is 27.7. The highest BCUT2D eigenvalue weighted by Crippen LogP contribution is 2.42. The second-order valence-corrected chi connectivity index (χ2v) is 9.99. The molecule has 37 heavy (non-hydrogen) atoms. The van der Waals surface area contributed by atoms with Gasteiger partial charge in [-0.15, -0.1) is 0 Å². The van der Waals surface area contributed by atoms with Crippen molar-refractivity contribution < 1.29 is 24.1 Å². The number of amides is 2. The van der Waals surface area contributed by atoms with Crippen LogP contribution in [0.4, 0.5) is 4.79 Å². The van der Waals surface area contributed by atoms with Gasteiger partial charge < -0.3 is 30.4 Å². The molecule has 2 heterocycles. The van der Waals surface area contributed by atoms with E-state index in [1.807, 2.05) is 61.5 Å². The average molecular weight is 524 g/mol.